The zero-order valence-corrected chi connectivity index (χ0v) is 14.5. The molecular weight excluding hydrogens is 310 g/mol. The molecule has 0 unspecified atom stereocenters. The lowest BCUT2D eigenvalue weighted by Gasteiger charge is -2.32. The second kappa shape index (κ2) is 7.15. The summed E-state index contributed by atoms with van der Waals surface area (Å²) in [5.74, 6) is 1.22. The number of piperidine rings is 1. The molecule has 0 radical (unpaired) electrons. The van der Waals surface area contributed by atoms with E-state index in [-0.39, 0.29) is 0 Å². The molecule has 1 saturated heterocycles. The largest absolute Gasteiger partial charge is 0.341 e. The smallest absolute Gasteiger partial charge is 0.158 e. The van der Waals surface area contributed by atoms with Gasteiger partial charge in [-0.2, -0.15) is 0 Å². The van der Waals surface area contributed by atoms with Gasteiger partial charge in [0.05, 0.1) is 5.69 Å². The van der Waals surface area contributed by atoms with Crippen molar-refractivity contribution in [2.24, 2.45) is 0 Å². The van der Waals surface area contributed by atoms with E-state index in [2.05, 4.69) is 55.2 Å². The minimum absolute atomic E-state index is 0.395. The van der Waals surface area contributed by atoms with Crippen LogP contribution in [0.1, 0.15) is 35.7 Å². The summed E-state index contributed by atoms with van der Waals surface area (Å²) >= 11 is 0. The lowest BCUT2D eigenvalue weighted by Crippen LogP contribution is -2.34. The predicted octanol–water partition coefficient (Wildman–Crippen LogP) is 3.55. The van der Waals surface area contributed by atoms with Gasteiger partial charge in [-0.1, -0.05) is 30.3 Å². The predicted molar refractivity (Wildman–Crippen MR) is 98.0 cm³/mol. The first-order chi connectivity index (χ1) is 12.3. The SMILES string of the molecule is Cc1cnc(-c2nccnc2[C@H]2CCCN(Cc3ccccc3)C2)[nH]1. The van der Waals surface area contributed by atoms with Crippen molar-refractivity contribution in [1.82, 2.24) is 24.8 Å². The first kappa shape index (κ1) is 16.0. The molecule has 1 N–H and O–H groups in total. The van der Waals surface area contributed by atoms with E-state index in [0.717, 1.165) is 49.0 Å². The number of hydrogen-bond acceptors (Lipinski definition) is 4. The highest BCUT2D eigenvalue weighted by atomic mass is 15.1. The highest BCUT2D eigenvalue weighted by molar-refractivity contribution is 5.53. The third-order valence-corrected chi connectivity index (χ3v) is 4.79. The molecule has 5 heteroatoms. The number of aromatic amines is 1. The summed E-state index contributed by atoms with van der Waals surface area (Å²) in [6.07, 6.45) is 7.73. The van der Waals surface area contributed by atoms with E-state index >= 15 is 0 Å². The van der Waals surface area contributed by atoms with Gasteiger partial charge in [-0.25, -0.2) is 9.97 Å². The maximum atomic E-state index is 4.68. The topological polar surface area (TPSA) is 57.7 Å². The number of imidazole rings is 1. The number of likely N-dealkylation sites (tertiary alicyclic amines) is 1. The molecular formula is C20H23N5. The number of benzene rings is 1. The summed E-state index contributed by atoms with van der Waals surface area (Å²) in [6.45, 7) is 5.16. The fourth-order valence-electron chi connectivity index (χ4n) is 3.63. The molecule has 0 aliphatic carbocycles. The second-order valence-corrected chi connectivity index (χ2v) is 6.76. The molecule has 25 heavy (non-hydrogen) atoms. The van der Waals surface area contributed by atoms with Crippen LogP contribution < -0.4 is 0 Å². The van der Waals surface area contributed by atoms with Crippen molar-refractivity contribution < 1.29 is 0 Å². The van der Waals surface area contributed by atoms with Gasteiger partial charge in [0, 0.05) is 43.3 Å². The van der Waals surface area contributed by atoms with Crippen LogP contribution in [0.5, 0.6) is 0 Å². The number of aryl methyl sites for hydroxylation is 1. The third kappa shape index (κ3) is 3.61. The van der Waals surface area contributed by atoms with Crippen molar-refractivity contribution in [2.45, 2.75) is 32.2 Å². The van der Waals surface area contributed by atoms with Crippen molar-refractivity contribution in [3.05, 3.63) is 65.9 Å². The second-order valence-electron chi connectivity index (χ2n) is 6.76. The number of aromatic nitrogens is 4. The number of rotatable bonds is 4. The molecule has 1 aliphatic rings. The van der Waals surface area contributed by atoms with E-state index in [9.17, 15) is 0 Å². The maximum absolute atomic E-state index is 4.68. The average molecular weight is 333 g/mol. The fourth-order valence-corrected chi connectivity index (χ4v) is 3.63. The molecule has 3 heterocycles. The number of nitrogens with zero attached hydrogens (tertiary/aromatic N) is 4. The van der Waals surface area contributed by atoms with Crippen LogP contribution in [0.4, 0.5) is 0 Å². The van der Waals surface area contributed by atoms with Gasteiger partial charge in [-0.3, -0.25) is 9.88 Å². The summed E-state index contributed by atoms with van der Waals surface area (Å²) in [5.41, 5.74) is 4.36. The van der Waals surface area contributed by atoms with Gasteiger partial charge in [0.2, 0.25) is 0 Å². The summed E-state index contributed by atoms with van der Waals surface area (Å²) in [6, 6.07) is 10.7. The summed E-state index contributed by atoms with van der Waals surface area (Å²) < 4.78 is 0. The van der Waals surface area contributed by atoms with Crippen LogP contribution in [0.2, 0.25) is 0 Å². The van der Waals surface area contributed by atoms with E-state index < -0.39 is 0 Å². The molecule has 1 aromatic carbocycles. The third-order valence-electron chi connectivity index (χ3n) is 4.79. The average Bonchev–Trinajstić information content (AvgIpc) is 3.09. The van der Waals surface area contributed by atoms with Crippen molar-refractivity contribution >= 4 is 0 Å². The zero-order chi connectivity index (χ0) is 17.1. The fraction of sp³-hybridized carbons (Fsp3) is 0.350. The maximum Gasteiger partial charge on any atom is 0.158 e. The Bertz CT molecular complexity index is 827. The van der Waals surface area contributed by atoms with E-state index in [0.29, 0.717) is 5.92 Å². The molecule has 5 nitrogen and oxygen atoms in total. The molecule has 1 atom stereocenters. The van der Waals surface area contributed by atoms with Gasteiger partial charge in [0.25, 0.3) is 0 Å². The Morgan fingerprint density at radius 1 is 1.12 bits per heavy atom. The Hall–Kier alpha value is -2.53. The van der Waals surface area contributed by atoms with Gasteiger partial charge >= 0.3 is 0 Å². The van der Waals surface area contributed by atoms with Crippen LogP contribution in [0.3, 0.4) is 0 Å². The van der Waals surface area contributed by atoms with Crippen molar-refractivity contribution in [1.29, 1.82) is 0 Å². The highest BCUT2D eigenvalue weighted by Crippen LogP contribution is 2.31. The summed E-state index contributed by atoms with van der Waals surface area (Å²) in [4.78, 5) is 19.5. The van der Waals surface area contributed by atoms with Gasteiger partial charge < -0.3 is 4.98 Å². The molecule has 3 aromatic rings. The van der Waals surface area contributed by atoms with Crippen molar-refractivity contribution in [3.63, 3.8) is 0 Å². The summed E-state index contributed by atoms with van der Waals surface area (Å²) in [7, 11) is 0. The number of nitrogens with one attached hydrogen (secondary N) is 1. The summed E-state index contributed by atoms with van der Waals surface area (Å²) in [5, 5.41) is 0. The molecule has 0 spiro atoms. The standard InChI is InChI=1S/C20H23N5/c1-15-12-23-20(24-15)19-18(21-9-10-22-19)17-8-5-11-25(14-17)13-16-6-3-2-4-7-16/h2-4,6-7,9-10,12,17H,5,8,11,13-14H2,1H3,(H,23,24)/t17-/m0/s1. The zero-order valence-electron chi connectivity index (χ0n) is 14.5. The van der Waals surface area contributed by atoms with E-state index in [1.54, 1.807) is 12.4 Å². The molecule has 1 aliphatic heterocycles. The van der Waals surface area contributed by atoms with Crippen LogP contribution in [0.25, 0.3) is 11.5 Å². The minimum atomic E-state index is 0.395. The molecule has 0 amide bonds. The van der Waals surface area contributed by atoms with Gasteiger partial charge in [-0.15, -0.1) is 0 Å². The Labute approximate surface area is 148 Å². The molecule has 0 bridgehead atoms. The minimum Gasteiger partial charge on any atom is -0.341 e. The van der Waals surface area contributed by atoms with Crippen LogP contribution in [-0.4, -0.2) is 37.9 Å². The normalized spacial score (nSPS) is 18.4. The van der Waals surface area contributed by atoms with Gasteiger partial charge in [-0.05, 0) is 31.9 Å². The molecule has 1 fully saturated rings. The van der Waals surface area contributed by atoms with Crippen LogP contribution in [0.15, 0.2) is 48.9 Å². The van der Waals surface area contributed by atoms with Crippen molar-refractivity contribution in [3.8, 4) is 11.5 Å². The monoisotopic (exact) mass is 333 g/mol. The Kier molecular flexibility index (Phi) is 4.57. The van der Waals surface area contributed by atoms with Crippen LogP contribution in [-0.2, 0) is 6.54 Å². The molecule has 128 valence electrons. The van der Waals surface area contributed by atoms with E-state index in [1.165, 1.54) is 12.0 Å². The van der Waals surface area contributed by atoms with Gasteiger partial charge in [0.1, 0.15) is 5.69 Å². The Balaban J connectivity index is 1.56. The van der Waals surface area contributed by atoms with E-state index in [1.807, 2.05) is 13.1 Å². The Morgan fingerprint density at radius 3 is 2.76 bits per heavy atom. The lowest BCUT2D eigenvalue weighted by molar-refractivity contribution is 0.198. The molecule has 4 rings (SSSR count). The Morgan fingerprint density at radius 2 is 1.96 bits per heavy atom. The van der Waals surface area contributed by atoms with E-state index in [4.69, 9.17) is 0 Å². The quantitative estimate of drug-likeness (QED) is 0.793. The molecule has 0 saturated carbocycles. The number of hydrogen-bond donors (Lipinski definition) is 1. The van der Waals surface area contributed by atoms with Crippen LogP contribution >= 0.6 is 0 Å². The number of H-pyrrole nitrogens is 1. The van der Waals surface area contributed by atoms with Crippen LogP contribution in [0, 0.1) is 6.92 Å². The molecule has 2 aromatic heterocycles. The van der Waals surface area contributed by atoms with Gasteiger partial charge in [0.15, 0.2) is 5.82 Å². The first-order valence-electron chi connectivity index (χ1n) is 8.89. The van der Waals surface area contributed by atoms with Crippen molar-refractivity contribution in [2.75, 3.05) is 13.1 Å². The first-order valence-corrected chi connectivity index (χ1v) is 8.89. The highest BCUT2D eigenvalue weighted by Gasteiger charge is 2.26. The lowest BCUT2D eigenvalue weighted by atomic mass is 9.92.